The van der Waals surface area contributed by atoms with Gasteiger partial charge in [0.25, 0.3) is 0 Å². The second-order valence-corrected chi connectivity index (χ2v) is 6.30. The van der Waals surface area contributed by atoms with Gasteiger partial charge in [0.05, 0.1) is 5.54 Å². The molecule has 1 unspecified atom stereocenters. The highest BCUT2D eigenvalue weighted by Gasteiger charge is 2.26. The van der Waals surface area contributed by atoms with E-state index < -0.39 is 5.54 Å². The number of amides is 1. The summed E-state index contributed by atoms with van der Waals surface area (Å²) in [6, 6.07) is 0. The number of nitrogens with one attached hydrogen (secondary N) is 1. The van der Waals surface area contributed by atoms with Gasteiger partial charge in [-0.2, -0.15) is 0 Å². The van der Waals surface area contributed by atoms with E-state index in [0.717, 1.165) is 38.3 Å². The van der Waals surface area contributed by atoms with Crippen LogP contribution in [-0.4, -0.2) is 42.5 Å². The van der Waals surface area contributed by atoms with Gasteiger partial charge in [0.15, 0.2) is 0 Å². The summed E-state index contributed by atoms with van der Waals surface area (Å²) in [6.07, 6.45) is 5.31. The monoisotopic (exact) mass is 269 g/mol. The molecule has 0 aromatic heterocycles. The van der Waals surface area contributed by atoms with Gasteiger partial charge in [-0.15, -0.1) is 0 Å². The fourth-order valence-electron chi connectivity index (χ4n) is 2.63. The van der Waals surface area contributed by atoms with Gasteiger partial charge in [0, 0.05) is 6.54 Å². The zero-order valence-electron chi connectivity index (χ0n) is 12.9. The van der Waals surface area contributed by atoms with Gasteiger partial charge < -0.3 is 16.0 Å². The summed E-state index contributed by atoms with van der Waals surface area (Å²) in [5.41, 5.74) is 5.28. The molecular weight excluding hydrogens is 238 g/mol. The van der Waals surface area contributed by atoms with Crippen LogP contribution >= 0.6 is 0 Å². The van der Waals surface area contributed by atoms with Crippen LogP contribution in [-0.2, 0) is 4.79 Å². The van der Waals surface area contributed by atoms with Crippen molar-refractivity contribution in [3.8, 4) is 0 Å². The first-order valence-electron chi connectivity index (χ1n) is 7.75. The Hall–Kier alpha value is -0.610. The van der Waals surface area contributed by atoms with Gasteiger partial charge in [-0.25, -0.2) is 0 Å². The molecule has 3 N–H and O–H groups in total. The van der Waals surface area contributed by atoms with E-state index in [1.165, 1.54) is 25.9 Å². The minimum Gasteiger partial charge on any atom is -0.354 e. The molecule has 1 fully saturated rings. The lowest BCUT2D eigenvalue weighted by Crippen LogP contribution is -2.51. The second kappa shape index (κ2) is 7.85. The summed E-state index contributed by atoms with van der Waals surface area (Å²) in [4.78, 5) is 14.4. The molecule has 0 aliphatic carbocycles. The number of carbonyl (C=O) groups is 1. The predicted molar refractivity (Wildman–Crippen MR) is 80.0 cm³/mol. The Kier molecular flexibility index (Phi) is 6.80. The molecule has 0 saturated carbocycles. The van der Waals surface area contributed by atoms with E-state index >= 15 is 0 Å². The van der Waals surface area contributed by atoms with Crippen molar-refractivity contribution in [1.29, 1.82) is 0 Å². The molecule has 1 aliphatic heterocycles. The standard InChI is InChI=1S/C15H31N3O/c1-4-8-15(3,16)14(19)17-9-5-10-18-11-6-13(2)7-12-18/h13H,4-12,16H2,1-3H3,(H,17,19). The maximum absolute atomic E-state index is 11.9. The Labute approximate surface area is 118 Å². The molecule has 1 rings (SSSR count). The first-order chi connectivity index (χ1) is 8.95. The Morgan fingerprint density at radius 2 is 2.05 bits per heavy atom. The van der Waals surface area contributed by atoms with Crippen molar-refractivity contribution >= 4 is 5.91 Å². The largest absolute Gasteiger partial charge is 0.354 e. The summed E-state index contributed by atoms with van der Waals surface area (Å²) < 4.78 is 0. The molecule has 0 bridgehead atoms. The molecule has 0 aromatic carbocycles. The first kappa shape index (κ1) is 16.4. The molecule has 0 aromatic rings. The fraction of sp³-hybridized carbons (Fsp3) is 0.933. The summed E-state index contributed by atoms with van der Waals surface area (Å²) in [6.45, 7) is 10.4. The molecule has 19 heavy (non-hydrogen) atoms. The van der Waals surface area contributed by atoms with E-state index in [1.54, 1.807) is 0 Å². The Morgan fingerprint density at radius 1 is 1.42 bits per heavy atom. The third-order valence-electron chi connectivity index (χ3n) is 4.10. The summed E-state index contributed by atoms with van der Waals surface area (Å²) >= 11 is 0. The van der Waals surface area contributed by atoms with E-state index in [2.05, 4.69) is 24.1 Å². The summed E-state index contributed by atoms with van der Waals surface area (Å²) in [7, 11) is 0. The topological polar surface area (TPSA) is 58.4 Å². The molecule has 1 heterocycles. The van der Waals surface area contributed by atoms with Gasteiger partial charge in [0.1, 0.15) is 0 Å². The Balaban J connectivity index is 2.12. The van der Waals surface area contributed by atoms with Gasteiger partial charge in [-0.05, 0) is 58.2 Å². The SMILES string of the molecule is CCCC(C)(N)C(=O)NCCCN1CCC(C)CC1. The number of hydrogen-bond donors (Lipinski definition) is 2. The molecule has 1 atom stereocenters. The molecule has 0 radical (unpaired) electrons. The van der Waals surface area contributed by atoms with Crippen molar-refractivity contribution in [1.82, 2.24) is 10.2 Å². The maximum Gasteiger partial charge on any atom is 0.239 e. The number of hydrogen-bond acceptors (Lipinski definition) is 3. The van der Waals surface area contributed by atoms with Crippen LogP contribution in [0.4, 0.5) is 0 Å². The molecule has 4 nitrogen and oxygen atoms in total. The summed E-state index contributed by atoms with van der Waals surface area (Å²) in [5.74, 6) is 0.865. The molecule has 112 valence electrons. The summed E-state index contributed by atoms with van der Waals surface area (Å²) in [5, 5.41) is 2.97. The smallest absolute Gasteiger partial charge is 0.239 e. The lowest BCUT2D eigenvalue weighted by molar-refractivity contribution is -0.126. The molecule has 1 amide bonds. The zero-order valence-corrected chi connectivity index (χ0v) is 12.9. The highest BCUT2D eigenvalue weighted by Crippen LogP contribution is 2.15. The lowest BCUT2D eigenvalue weighted by Gasteiger charge is -2.30. The van der Waals surface area contributed by atoms with Crippen LogP contribution in [0.15, 0.2) is 0 Å². The quantitative estimate of drug-likeness (QED) is 0.692. The number of carbonyl (C=O) groups excluding carboxylic acids is 1. The average molecular weight is 269 g/mol. The van der Waals surface area contributed by atoms with Crippen LogP contribution in [0.25, 0.3) is 0 Å². The minimum atomic E-state index is -0.713. The van der Waals surface area contributed by atoms with Crippen LogP contribution in [0.1, 0.15) is 52.9 Å². The van der Waals surface area contributed by atoms with E-state index in [-0.39, 0.29) is 5.91 Å². The number of piperidine rings is 1. The first-order valence-corrected chi connectivity index (χ1v) is 7.75. The molecule has 4 heteroatoms. The lowest BCUT2D eigenvalue weighted by atomic mass is 9.96. The van der Waals surface area contributed by atoms with E-state index in [0.29, 0.717) is 0 Å². The van der Waals surface area contributed by atoms with Crippen molar-refractivity contribution in [3.63, 3.8) is 0 Å². The number of nitrogens with zero attached hydrogens (tertiary/aromatic N) is 1. The number of likely N-dealkylation sites (tertiary alicyclic amines) is 1. The van der Waals surface area contributed by atoms with Crippen LogP contribution < -0.4 is 11.1 Å². The van der Waals surface area contributed by atoms with Crippen LogP contribution in [0.5, 0.6) is 0 Å². The number of nitrogens with two attached hydrogens (primary N) is 1. The van der Waals surface area contributed by atoms with Crippen molar-refractivity contribution < 1.29 is 4.79 Å². The van der Waals surface area contributed by atoms with Crippen molar-refractivity contribution in [2.75, 3.05) is 26.2 Å². The zero-order chi connectivity index (χ0) is 14.3. The van der Waals surface area contributed by atoms with Gasteiger partial charge in [-0.1, -0.05) is 20.3 Å². The van der Waals surface area contributed by atoms with E-state index in [1.807, 2.05) is 6.92 Å². The molecule has 1 aliphatic rings. The Bertz CT molecular complexity index is 271. The minimum absolute atomic E-state index is 0.0124. The predicted octanol–water partition coefficient (Wildman–Crippen LogP) is 1.74. The maximum atomic E-state index is 11.9. The fourth-order valence-corrected chi connectivity index (χ4v) is 2.63. The third kappa shape index (κ3) is 5.91. The van der Waals surface area contributed by atoms with Gasteiger partial charge >= 0.3 is 0 Å². The van der Waals surface area contributed by atoms with Crippen molar-refractivity contribution in [2.45, 2.75) is 58.4 Å². The molecule has 0 spiro atoms. The number of rotatable bonds is 7. The normalized spacial score (nSPS) is 21.1. The Morgan fingerprint density at radius 3 is 2.63 bits per heavy atom. The van der Waals surface area contributed by atoms with E-state index in [9.17, 15) is 4.79 Å². The highest BCUT2D eigenvalue weighted by atomic mass is 16.2. The highest BCUT2D eigenvalue weighted by molar-refractivity contribution is 5.85. The van der Waals surface area contributed by atoms with Crippen molar-refractivity contribution in [3.05, 3.63) is 0 Å². The third-order valence-corrected chi connectivity index (χ3v) is 4.10. The molecular formula is C15H31N3O. The van der Waals surface area contributed by atoms with Crippen LogP contribution in [0.3, 0.4) is 0 Å². The average Bonchev–Trinajstić information content (AvgIpc) is 2.36. The van der Waals surface area contributed by atoms with Crippen molar-refractivity contribution in [2.24, 2.45) is 11.7 Å². The van der Waals surface area contributed by atoms with E-state index in [4.69, 9.17) is 5.73 Å². The van der Waals surface area contributed by atoms with Gasteiger partial charge in [-0.3, -0.25) is 4.79 Å². The van der Waals surface area contributed by atoms with Crippen LogP contribution in [0.2, 0.25) is 0 Å². The van der Waals surface area contributed by atoms with Crippen LogP contribution in [0, 0.1) is 5.92 Å². The van der Waals surface area contributed by atoms with Gasteiger partial charge in [0.2, 0.25) is 5.91 Å². The second-order valence-electron chi connectivity index (χ2n) is 6.30. The molecule has 1 saturated heterocycles.